The Morgan fingerprint density at radius 3 is 2.38 bits per heavy atom. The van der Waals surface area contributed by atoms with Gasteiger partial charge in [-0.05, 0) is 37.1 Å². The molecule has 1 aromatic heterocycles. The number of carbonyl (C=O) groups is 1. The number of urea groups is 1. The van der Waals surface area contributed by atoms with Crippen LogP contribution in [0.5, 0.6) is 0 Å². The third kappa shape index (κ3) is 3.66. The fourth-order valence-corrected chi connectivity index (χ4v) is 2.69. The molecule has 0 radical (unpaired) electrons. The Hall–Kier alpha value is -2.58. The number of rotatable bonds is 2. The molecule has 0 spiro atoms. The van der Waals surface area contributed by atoms with Crippen LogP contribution < -0.4 is 5.32 Å². The zero-order valence-electron chi connectivity index (χ0n) is 12.7. The lowest BCUT2D eigenvalue weighted by Gasteiger charge is -2.31. The maximum Gasteiger partial charge on any atom is 0.416 e. The van der Waals surface area contributed by atoms with Crippen LogP contribution in [0.15, 0.2) is 36.7 Å². The lowest BCUT2D eigenvalue weighted by atomic mass is 10.1. The summed E-state index contributed by atoms with van der Waals surface area (Å²) < 4.78 is 39.3. The van der Waals surface area contributed by atoms with Crippen molar-refractivity contribution >= 4 is 11.7 Å². The minimum Gasteiger partial charge on any atom is -0.324 e. The summed E-state index contributed by atoms with van der Waals surface area (Å²) in [5, 5.41) is 10.4. The normalized spacial score (nSPS) is 16.2. The molecule has 0 aliphatic carbocycles. The van der Waals surface area contributed by atoms with Crippen molar-refractivity contribution in [1.29, 1.82) is 0 Å². The van der Waals surface area contributed by atoms with E-state index in [0.29, 0.717) is 18.8 Å². The van der Waals surface area contributed by atoms with Crippen LogP contribution in [-0.2, 0) is 6.18 Å². The molecule has 1 aromatic carbocycles. The molecule has 2 aromatic rings. The van der Waals surface area contributed by atoms with Crippen molar-refractivity contribution in [2.45, 2.75) is 25.1 Å². The van der Waals surface area contributed by atoms with E-state index in [9.17, 15) is 18.0 Å². The zero-order chi connectivity index (χ0) is 17.2. The van der Waals surface area contributed by atoms with Crippen LogP contribution in [-0.4, -0.2) is 39.0 Å². The summed E-state index contributed by atoms with van der Waals surface area (Å²) in [6, 6.07) is 4.31. The highest BCUT2D eigenvalue weighted by Crippen LogP contribution is 2.30. The van der Waals surface area contributed by atoms with Crippen LogP contribution in [0.2, 0.25) is 0 Å². The first kappa shape index (κ1) is 16.3. The average Bonchev–Trinajstić information content (AvgIpc) is 3.09. The van der Waals surface area contributed by atoms with Crippen molar-refractivity contribution in [1.82, 2.24) is 19.9 Å². The topological polar surface area (TPSA) is 63.1 Å². The van der Waals surface area contributed by atoms with Crippen molar-refractivity contribution in [3.8, 4) is 0 Å². The van der Waals surface area contributed by atoms with E-state index in [1.54, 1.807) is 22.0 Å². The molecular weight excluding hydrogens is 323 g/mol. The molecule has 0 bridgehead atoms. The van der Waals surface area contributed by atoms with Gasteiger partial charge in [-0.25, -0.2) is 9.48 Å². The van der Waals surface area contributed by atoms with Gasteiger partial charge in [-0.3, -0.25) is 0 Å². The molecule has 128 valence electrons. The van der Waals surface area contributed by atoms with Crippen molar-refractivity contribution in [3.63, 3.8) is 0 Å². The molecule has 1 N–H and O–H groups in total. The van der Waals surface area contributed by atoms with Gasteiger partial charge in [-0.2, -0.15) is 13.2 Å². The van der Waals surface area contributed by atoms with Crippen LogP contribution in [0.3, 0.4) is 0 Å². The van der Waals surface area contributed by atoms with Crippen molar-refractivity contribution in [2.75, 3.05) is 18.4 Å². The molecule has 0 unspecified atom stereocenters. The standard InChI is InChI=1S/C15H16F3N5O/c16-15(17,18)11-1-3-12(4-2-11)20-14(24)22-8-5-13(6-9-22)23-10-7-19-21-23/h1-4,7,10,13H,5-6,8-9H2,(H,20,24). The van der Waals surface area contributed by atoms with Crippen LogP contribution in [0, 0.1) is 0 Å². The van der Waals surface area contributed by atoms with E-state index in [2.05, 4.69) is 15.6 Å². The van der Waals surface area contributed by atoms with E-state index in [1.165, 1.54) is 12.1 Å². The number of nitrogens with one attached hydrogen (secondary N) is 1. The number of anilines is 1. The molecule has 6 nitrogen and oxygen atoms in total. The van der Waals surface area contributed by atoms with E-state index in [-0.39, 0.29) is 12.1 Å². The Bertz CT molecular complexity index is 676. The first-order valence-electron chi connectivity index (χ1n) is 7.52. The van der Waals surface area contributed by atoms with Gasteiger partial charge in [0.05, 0.1) is 17.8 Å². The Balaban J connectivity index is 1.54. The third-order valence-corrected chi connectivity index (χ3v) is 4.03. The Morgan fingerprint density at radius 2 is 1.83 bits per heavy atom. The lowest BCUT2D eigenvalue weighted by molar-refractivity contribution is -0.137. The molecule has 24 heavy (non-hydrogen) atoms. The van der Waals surface area contributed by atoms with E-state index < -0.39 is 11.7 Å². The minimum absolute atomic E-state index is 0.211. The van der Waals surface area contributed by atoms with E-state index in [4.69, 9.17) is 0 Å². The lowest BCUT2D eigenvalue weighted by Crippen LogP contribution is -2.41. The quantitative estimate of drug-likeness (QED) is 0.914. The van der Waals surface area contributed by atoms with Crippen molar-refractivity contribution in [3.05, 3.63) is 42.2 Å². The summed E-state index contributed by atoms with van der Waals surface area (Å²) in [5.41, 5.74) is -0.402. The maximum absolute atomic E-state index is 12.5. The number of halogens is 3. The van der Waals surface area contributed by atoms with Crippen molar-refractivity contribution < 1.29 is 18.0 Å². The molecule has 1 aliphatic heterocycles. The summed E-state index contributed by atoms with van der Waals surface area (Å²) in [6.45, 7) is 1.11. The number of piperidine rings is 1. The number of hydrogen-bond acceptors (Lipinski definition) is 3. The highest BCUT2D eigenvalue weighted by molar-refractivity contribution is 5.89. The van der Waals surface area contributed by atoms with Crippen LogP contribution >= 0.6 is 0 Å². The fourth-order valence-electron chi connectivity index (χ4n) is 2.69. The van der Waals surface area contributed by atoms with Gasteiger partial charge in [-0.15, -0.1) is 5.10 Å². The summed E-state index contributed by atoms with van der Waals surface area (Å²) in [6.07, 6.45) is 0.533. The molecule has 1 saturated heterocycles. The zero-order valence-corrected chi connectivity index (χ0v) is 12.7. The molecule has 0 atom stereocenters. The maximum atomic E-state index is 12.5. The Labute approximate surface area is 136 Å². The van der Waals surface area contributed by atoms with E-state index in [0.717, 1.165) is 25.0 Å². The van der Waals surface area contributed by atoms with Crippen molar-refractivity contribution in [2.24, 2.45) is 0 Å². The average molecular weight is 339 g/mol. The minimum atomic E-state index is -4.38. The third-order valence-electron chi connectivity index (χ3n) is 4.03. The van der Waals surface area contributed by atoms with Gasteiger partial charge < -0.3 is 10.2 Å². The van der Waals surface area contributed by atoms with Gasteiger partial charge in [-0.1, -0.05) is 5.21 Å². The van der Waals surface area contributed by atoms with E-state index >= 15 is 0 Å². The molecule has 9 heteroatoms. The highest BCUT2D eigenvalue weighted by Gasteiger charge is 2.30. The molecule has 2 heterocycles. The molecule has 0 saturated carbocycles. The predicted molar refractivity (Wildman–Crippen MR) is 80.3 cm³/mol. The smallest absolute Gasteiger partial charge is 0.324 e. The Morgan fingerprint density at radius 1 is 1.17 bits per heavy atom. The Kier molecular flexibility index (Phi) is 4.41. The second-order valence-corrected chi connectivity index (χ2v) is 5.61. The second kappa shape index (κ2) is 6.50. The van der Waals surface area contributed by atoms with Gasteiger partial charge in [0.1, 0.15) is 0 Å². The number of hydrogen-bond donors (Lipinski definition) is 1. The monoisotopic (exact) mass is 339 g/mol. The number of likely N-dealkylation sites (tertiary alicyclic amines) is 1. The van der Waals surface area contributed by atoms with Gasteiger partial charge >= 0.3 is 12.2 Å². The van der Waals surface area contributed by atoms with Crippen LogP contribution in [0.4, 0.5) is 23.7 Å². The number of alkyl halides is 3. The molecule has 3 rings (SSSR count). The first-order valence-corrected chi connectivity index (χ1v) is 7.52. The number of aromatic nitrogens is 3. The van der Waals surface area contributed by atoms with Crippen LogP contribution in [0.25, 0.3) is 0 Å². The number of amides is 2. The van der Waals surface area contributed by atoms with Gasteiger partial charge in [0.15, 0.2) is 0 Å². The number of benzene rings is 1. The number of nitrogens with zero attached hydrogens (tertiary/aromatic N) is 4. The SMILES string of the molecule is O=C(Nc1ccc(C(F)(F)F)cc1)N1CCC(n2ccnn2)CC1. The number of carbonyl (C=O) groups excluding carboxylic acids is 1. The van der Waals surface area contributed by atoms with Crippen LogP contribution in [0.1, 0.15) is 24.4 Å². The predicted octanol–water partition coefficient (Wildman–Crippen LogP) is 3.17. The van der Waals surface area contributed by atoms with Gasteiger partial charge in [0.2, 0.25) is 0 Å². The molecule has 1 aliphatic rings. The fraction of sp³-hybridized carbons (Fsp3) is 0.400. The largest absolute Gasteiger partial charge is 0.416 e. The van der Waals surface area contributed by atoms with Gasteiger partial charge in [0.25, 0.3) is 0 Å². The summed E-state index contributed by atoms with van der Waals surface area (Å²) in [4.78, 5) is 13.8. The van der Waals surface area contributed by atoms with Gasteiger partial charge in [0, 0.05) is 25.0 Å². The summed E-state index contributed by atoms with van der Waals surface area (Å²) in [7, 11) is 0. The van der Waals surface area contributed by atoms with E-state index in [1.807, 2.05) is 0 Å². The first-order chi connectivity index (χ1) is 11.4. The molecule has 2 amide bonds. The summed E-state index contributed by atoms with van der Waals surface area (Å²) in [5.74, 6) is 0. The molecular formula is C15H16F3N5O. The second-order valence-electron chi connectivity index (χ2n) is 5.61. The molecule has 1 fully saturated rings. The highest BCUT2D eigenvalue weighted by atomic mass is 19.4. The summed E-state index contributed by atoms with van der Waals surface area (Å²) >= 11 is 0.